The molecular formula is C9H13NOS. The van der Waals surface area contributed by atoms with Crippen LogP contribution in [-0.4, -0.2) is 29.6 Å². The Morgan fingerprint density at radius 1 is 1.75 bits per heavy atom. The lowest BCUT2D eigenvalue weighted by Gasteiger charge is -2.19. The van der Waals surface area contributed by atoms with Crippen LogP contribution in [0.3, 0.4) is 0 Å². The van der Waals surface area contributed by atoms with Crippen molar-refractivity contribution in [1.82, 2.24) is 4.90 Å². The van der Waals surface area contributed by atoms with E-state index in [1.54, 1.807) is 0 Å². The number of nitrogens with zero attached hydrogens (tertiary/aromatic N) is 1. The number of hydrogen-bond acceptors (Lipinski definition) is 3. The molecule has 0 spiro atoms. The second kappa shape index (κ2) is 2.60. The number of carbonyl (C=O) groups is 1. The standard InChI is InChI=1S/C9H13NOS/c1-9-3-8(11)2-7(9)4-10(5-9)6-12/h2,12H,3-6H2,1H3. The van der Waals surface area contributed by atoms with E-state index < -0.39 is 0 Å². The van der Waals surface area contributed by atoms with Crippen molar-refractivity contribution in [2.75, 3.05) is 19.0 Å². The number of fused-ring (bicyclic) bond motifs is 1. The van der Waals surface area contributed by atoms with Crippen LogP contribution in [0.15, 0.2) is 11.6 Å². The quantitative estimate of drug-likeness (QED) is 0.614. The lowest BCUT2D eigenvalue weighted by atomic mass is 9.86. The maximum atomic E-state index is 11.1. The molecule has 66 valence electrons. The highest BCUT2D eigenvalue weighted by molar-refractivity contribution is 7.80. The smallest absolute Gasteiger partial charge is 0.156 e. The molecule has 0 amide bonds. The molecule has 1 atom stereocenters. The molecule has 1 heterocycles. The van der Waals surface area contributed by atoms with Crippen molar-refractivity contribution < 1.29 is 4.79 Å². The summed E-state index contributed by atoms with van der Waals surface area (Å²) in [7, 11) is 0. The number of ketones is 1. The molecule has 2 nitrogen and oxygen atoms in total. The summed E-state index contributed by atoms with van der Waals surface area (Å²) in [5.41, 5.74) is 1.45. The van der Waals surface area contributed by atoms with Crippen LogP contribution in [0.4, 0.5) is 0 Å². The van der Waals surface area contributed by atoms with Crippen molar-refractivity contribution in [3.8, 4) is 0 Å². The SMILES string of the molecule is CC12CC(=O)C=C1CN(CS)C2. The van der Waals surface area contributed by atoms with Crippen molar-refractivity contribution >= 4 is 18.4 Å². The molecule has 2 aliphatic rings. The van der Waals surface area contributed by atoms with Gasteiger partial charge in [0.15, 0.2) is 5.78 Å². The van der Waals surface area contributed by atoms with Gasteiger partial charge >= 0.3 is 0 Å². The number of hydrogen-bond donors (Lipinski definition) is 1. The maximum Gasteiger partial charge on any atom is 0.156 e. The third-order valence-electron chi connectivity index (χ3n) is 2.84. The molecule has 1 fully saturated rings. The average Bonchev–Trinajstić information content (AvgIpc) is 2.38. The zero-order valence-electron chi connectivity index (χ0n) is 7.21. The second-order valence-electron chi connectivity index (χ2n) is 4.00. The van der Waals surface area contributed by atoms with Crippen LogP contribution in [0, 0.1) is 5.41 Å². The average molecular weight is 183 g/mol. The highest BCUT2D eigenvalue weighted by Crippen LogP contribution is 2.42. The van der Waals surface area contributed by atoms with Gasteiger partial charge in [-0.05, 0) is 11.6 Å². The summed E-state index contributed by atoms with van der Waals surface area (Å²) < 4.78 is 0. The van der Waals surface area contributed by atoms with Crippen LogP contribution >= 0.6 is 12.6 Å². The third kappa shape index (κ3) is 1.12. The largest absolute Gasteiger partial charge is 0.295 e. The maximum absolute atomic E-state index is 11.1. The van der Waals surface area contributed by atoms with Crippen LogP contribution < -0.4 is 0 Å². The predicted molar refractivity (Wildman–Crippen MR) is 51.2 cm³/mol. The lowest BCUT2D eigenvalue weighted by Crippen LogP contribution is -2.24. The highest BCUT2D eigenvalue weighted by Gasteiger charge is 2.42. The summed E-state index contributed by atoms with van der Waals surface area (Å²) in [5, 5.41) is 0. The zero-order valence-corrected chi connectivity index (χ0v) is 8.10. The number of rotatable bonds is 1. The van der Waals surface area contributed by atoms with Crippen molar-refractivity contribution in [2.45, 2.75) is 13.3 Å². The Bertz CT molecular complexity index is 261. The zero-order chi connectivity index (χ0) is 8.77. The van der Waals surface area contributed by atoms with Gasteiger partial charge in [0, 0.05) is 30.8 Å². The van der Waals surface area contributed by atoms with Gasteiger partial charge in [0.1, 0.15) is 0 Å². The molecule has 1 unspecified atom stereocenters. The van der Waals surface area contributed by atoms with Crippen LogP contribution in [0.5, 0.6) is 0 Å². The summed E-state index contributed by atoms with van der Waals surface area (Å²) in [6.45, 7) is 4.10. The Balaban J connectivity index is 2.23. The van der Waals surface area contributed by atoms with E-state index in [9.17, 15) is 4.79 Å². The van der Waals surface area contributed by atoms with E-state index in [1.807, 2.05) is 6.08 Å². The van der Waals surface area contributed by atoms with Gasteiger partial charge in [-0.25, -0.2) is 0 Å². The number of allylic oxidation sites excluding steroid dienone is 1. The molecule has 0 radical (unpaired) electrons. The topological polar surface area (TPSA) is 20.3 Å². The molecule has 1 aliphatic heterocycles. The third-order valence-corrected chi connectivity index (χ3v) is 3.24. The summed E-state index contributed by atoms with van der Waals surface area (Å²) >= 11 is 4.23. The van der Waals surface area contributed by atoms with Crippen molar-refractivity contribution in [3.63, 3.8) is 0 Å². The van der Waals surface area contributed by atoms with Crippen LogP contribution in [0.25, 0.3) is 0 Å². The van der Waals surface area contributed by atoms with Gasteiger partial charge < -0.3 is 0 Å². The van der Waals surface area contributed by atoms with Gasteiger partial charge in [-0.2, -0.15) is 12.6 Å². The summed E-state index contributed by atoms with van der Waals surface area (Å²) in [6.07, 6.45) is 2.52. The fourth-order valence-electron chi connectivity index (χ4n) is 2.20. The first kappa shape index (κ1) is 8.32. The molecule has 1 saturated heterocycles. The molecule has 0 aromatic carbocycles. The Kier molecular flexibility index (Phi) is 1.81. The van der Waals surface area contributed by atoms with Gasteiger partial charge in [-0.1, -0.05) is 6.92 Å². The lowest BCUT2D eigenvalue weighted by molar-refractivity contribution is -0.115. The monoisotopic (exact) mass is 183 g/mol. The molecule has 0 aromatic rings. The van der Waals surface area contributed by atoms with Crippen LogP contribution in [-0.2, 0) is 4.79 Å². The van der Waals surface area contributed by atoms with Crippen LogP contribution in [0.2, 0.25) is 0 Å². The van der Waals surface area contributed by atoms with Gasteiger partial charge in [0.05, 0.1) is 0 Å². The van der Waals surface area contributed by atoms with E-state index in [4.69, 9.17) is 0 Å². The van der Waals surface area contributed by atoms with Gasteiger partial charge in [0.2, 0.25) is 0 Å². The molecule has 12 heavy (non-hydrogen) atoms. The molecule has 0 bridgehead atoms. The molecule has 0 saturated carbocycles. The van der Waals surface area contributed by atoms with Crippen molar-refractivity contribution in [1.29, 1.82) is 0 Å². The Morgan fingerprint density at radius 3 is 3.08 bits per heavy atom. The molecule has 1 aliphatic carbocycles. The number of carbonyl (C=O) groups excluding carboxylic acids is 1. The Labute approximate surface area is 78.0 Å². The second-order valence-corrected chi connectivity index (χ2v) is 4.28. The van der Waals surface area contributed by atoms with Crippen molar-refractivity contribution in [2.24, 2.45) is 5.41 Å². The Morgan fingerprint density at radius 2 is 2.50 bits per heavy atom. The summed E-state index contributed by atoms with van der Waals surface area (Å²) in [6, 6.07) is 0. The normalized spacial score (nSPS) is 35.5. The fraction of sp³-hybridized carbons (Fsp3) is 0.667. The minimum absolute atomic E-state index is 0.139. The molecule has 3 heteroatoms. The van der Waals surface area contributed by atoms with Gasteiger partial charge in [0.25, 0.3) is 0 Å². The Hall–Kier alpha value is -0.280. The highest BCUT2D eigenvalue weighted by atomic mass is 32.1. The van der Waals surface area contributed by atoms with E-state index in [0.717, 1.165) is 19.0 Å². The number of likely N-dealkylation sites (tertiary alicyclic amines) is 1. The number of thiol groups is 1. The first-order chi connectivity index (χ1) is 5.64. The predicted octanol–water partition coefficient (Wildman–Crippen LogP) is 1.09. The minimum Gasteiger partial charge on any atom is -0.295 e. The fourth-order valence-corrected chi connectivity index (χ4v) is 2.40. The van der Waals surface area contributed by atoms with E-state index in [0.29, 0.717) is 12.2 Å². The van der Waals surface area contributed by atoms with Crippen molar-refractivity contribution in [3.05, 3.63) is 11.6 Å². The molecule has 0 aromatic heterocycles. The van der Waals surface area contributed by atoms with E-state index >= 15 is 0 Å². The molecule has 2 rings (SSSR count). The summed E-state index contributed by atoms with van der Waals surface area (Å²) in [4.78, 5) is 13.4. The van der Waals surface area contributed by atoms with Crippen LogP contribution in [0.1, 0.15) is 13.3 Å². The van der Waals surface area contributed by atoms with E-state index in [-0.39, 0.29) is 5.41 Å². The van der Waals surface area contributed by atoms with E-state index in [1.165, 1.54) is 5.57 Å². The van der Waals surface area contributed by atoms with E-state index in [2.05, 4.69) is 24.5 Å². The van der Waals surface area contributed by atoms with Gasteiger partial charge in [-0.3, -0.25) is 9.69 Å². The first-order valence-electron chi connectivity index (χ1n) is 4.21. The summed E-state index contributed by atoms with van der Waals surface area (Å²) in [5.74, 6) is 1.09. The minimum atomic E-state index is 0.139. The molecule has 0 N–H and O–H groups in total. The van der Waals surface area contributed by atoms with Gasteiger partial charge in [-0.15, -0.1) is 0 Å². The first-order valence-corrected chi connectivity index (χ1v) is 4.84. The molecular weight excluding hydrogens is 170 g/mol.